The topological polar surface area (TPSA) is 69.9 Å². The van der Waals surface area contributed by atoms with Crippen molar-refractivity contribution >= 4 is 11.8 Å². The summed E-state index contributed by atoms with van der Waals surface area (Å²) < 4.78 is 13.5. The minimum Gasteiger partial charge on any atom is -0.335 e. The zero-order valence-corrected chi connectivity index (χ0v) is 20.8. The van der Waals surface area contributed by atoms with Gasteiger partial charge in [-0.15, -0.1) is 0 Å². The number of hydrogen-bond acceptors (Lipinski definition) is 4. The second-order valence-corrected chi connectivity index (χ2v) is 11.9. The van der Waals surface area contributed by atoms with E-state index in [1.165, 1.54) is 5.56 Å². The van der Waals surface area contributed by atoms with Crippen molar-refractivity contribution in [3.63, 3.8) is 0 Å². The molecule has 5 atom stereocenters. The van der Waals surface area contributed by atoms with Crippen LogP contribution in [0.5, 0.6) is 0 Å². The summed E-state index contributed by atoms with van der Waals surface area (Å²) >= 11 is 0. The number of carbonyl (C=O) groups excluding carboxylic acids is 2. The first-order valence-corrected chi connectivity index (χ1v) is 13.7. The lowest BCUT2D eigenvalue weighted by atomic mass is 9.86. The second-order valence-electron chi connectivity index (χ2n) is 11.9. The molecule has 0 unspecified atom stereocenters. The number of alkyl halides is 1. The van der Waals surface area contributed by atoms with Gasteiger partial charge in [0.15, 0.2) is 0 Å². The first-order chi connectivity index (χ1) is 16.9. The van der Waals surface area contributed by atoms with E-state index < -0.39 is 18.3 Å². The summed E-state index contributed by atoms with van der Waals surface area (Å²) in [5.41, 5.74) is 7.69. The predicted octanol–water partition coefficient (Wildman–Crippen LogP) is 3.21. The molecule has 1 spiro atoms. The summed E-state index contributed by atoms with van der Waals surface area (Å²) in [6, 6.07) is 10.2. The Morgan fingerprint density at radius 2 is 1.80 bits per heavy atom. The molecule has 35 heavy (non-hydrogen) atoms. The number of benzene rings is 1. The van der Waals surface area contributed by atoms with Crippen LogP contribution in [0.1, 0.15) is 75.7 Å². The molecule has 5 fully saturated rings. The van der Waals surface area contributed by atoms with Gasteiger partial charge in [-0.05, 0) is 76.8 Å². The molecule has 2 saturated carbocycles. The molecule has 190 valence electrons. The number of nitrogens with two attached hydrogens (primary N) is 1. The number of rotatable bonds is 4. The maximum atomic E-state index is 14.0. The Balaban J connectivity index is 1.20. The molecular weight excluding hydrogens is 443 g/mol. The van der Waals surface area contributed by atoms with Crippen LogP contribution in [0, 0.1) is 0 Å². The van der Waals surface area contributed by atoms with E-state index >= 15 is 0 Å². The number of halogens is 1. The Morgan fingerprint density at radius 3 is 2.49 bits per heavy atom. The van der Waals surface area contributed by atoms with Crippen LogP contribution in [-0.4, -0.2) is 82.0 Å². The predicted molar refractivity (Wildman–Crippen MR) is 132 cm³/mol. The molecule has 1 aromatic rings. The van der Waals surface area contributed by atoms with E-state index in [-0.39, 0.29) is 35.5 Å². The molecule has 3 aliphatic heterocycles. The third kappa shape index (κ3) is 4.08. The number of fused-ring (bicyclic) bond motifs is 1. The van der Waals surface area contributed by atoms with Gasteiger partial charge in [-0.3, -0.25) is 9.59 Å². The molecule has 5 aliphatic rings. The SMILES string of the molecule is CN(C1CC(F)C1)[C@H]1CC[C@H](N)C(=O)N2[C@H](CC[C@H]2C(=O)N2C[C@H](c3ccccc3)CC23CC3)C1. The van der Waals surface area contributed by atoms with Crippen molar-refractivity contribution < 1.29 is 14.0 Å². The number of carbonyl (C=O) groups is 2. The maximum absolute atomic E-state index is 14.0. The quantitative estimate of drug-likeness (QED) is 0.716. The fourth-order valence-corrected chi connectivity index (χ4v) is 7.45. The Kier molecular flexibility index (Phi) is 5.91. The van der Waals surface area contributed by atoms with Crippen LogP contribution >= 0.6 is 0 Å². The average Bonchev–Trinajstić information content (AvgIpc) is 3.33. The molecule has 6 nitrogen and oxygen atoms in total. The Hall–Kier alpha value is -1.99. The third-order valence-corrected chi connectivity index (χ3v) is 9.89. The van der Waals surface area contributed by atoms with E-state index in [2.05, 4.69) is 41.1 Å². The number of nitrogens with zero attached hydrogens (tertiary/aromatic N) is 3. The van der Waals surface area contributed by atoms with E-state index in [0.29, 0.717) is 25.2 Å². The van der Waals surface area contributed by atoms with Gasteiger partial charge < -0.3 is 20.4 Å². The van der Waals surface area contributed by atoms with Crippen molar-refractivity contribution in [2.24, 2.45) is 5.73 Å². The van der Waals surface area contributed by atoms with Crippen molar-refractivity contribution in [1.29, 1.82) is 0 Å². The molecule has 0 radical (unpaired) electrons. The van der Waals surface area contributed by atoms with Crippen LogP contribution in [0.4, 0.5) is 4.39 Å². The first kappa shape index (κ1) is 23.4. The molecular formula is C28H39FN4O2. The highest BCUT2D eigenvalue weighted by Crippen LogP contribution is 2.54. The monoisotopic (exact) mass is 482 g/mol. The van der Waals surface area contributed by atoms with Gasteiger partial charge in [0.25, 0.3) is 0 Å². The van der Waals surface area contributed by atoms with Gasteiger partial charge >= 0.3 is 0 Å². The lowest BCUT2D eigenvalue weighted by Gasteiger charge is -2.45. The van der Waals surface area contributed by atoms with Gasteiger partial charge in [-0.25, -0.2) is 4.39 Å². The van der Waals surface area contributed by atoms with Gasteiger partial charge in [-0.1, -0.05) is 30.3 Å². The molecule has 0 bridgehead atoms. The van der Waals surface area contributed by atoms with Crippen molar-refractivity contribution in [3.05, 3.63) is 35.9 Å². The van der Waals surface area contributed by atoms with E-state index in [4.69, 9.17) is 5.73 Å². The molecule has 1 aromatic carbocycles. The third-order valence-electron chi connectivity index (χ3n) is 9.89. The molecule has 0 aromatic heterocycles. The largest absolute Gasteiger partial charge is 0.335 e. The van der Waals surface area contributed by atoms with Crippen LogP contribution in [0.15, 0.2) is 30.3 Å². The second kappa shape index (κ2) is 8.84. The van der Waals surface area contributed by atoms with Crippen molar-refractivity contribution in [2.45, 2.75) is 112 Å². The van der Waals surface area contributed by atoms with E-state index in [1.54, 1.807) is 0 Å². The van der Waals surface area contributed by atoms with Gasteiger partial charge in [0.05, 0.1) is 6.04 Å². The summed E-state index contributed by atoms with van der Waals surface area (Å²) in [6.07, 6.45) is 7.57. The molecule has 2 N–H and O–H groups in total. The van der Waals surface area contributed by atoms with Gasteiger partial charge in [-0.2, -0.15) is 0 Å². The average molecular weight is 483 g/mol. The van der Waals surface area contributed by atoms with Crippen molar-refractivity contribution in [3.8, 4) is 0 Å². The van der Waals surface area contributed by atoms with Crippen LogP contribution in [0.3, 0.4) is 0 Å². The lowest BCUT2D eigenvalue weighted by Crippen LogP contribution is -2.58. The summed E-state index contributed by atoms with van der Waals surface area (Å²) in [7, 11) is 2.10. The maximum Gasteiger partial charge on any atom is 0.245 e. The molecule has 7 heteroatoms. The standard InChI is InChI=1S/C28H39FN4O2/c1-31(23-13-20(29)14-23)21-7-9-24(30)26(34)33-22(15-21)8-10-25(33)27(35)32-17-19(16-28(32)11-12-28)18-5-3-2-4-6-18/h2-6,19-25H,7-17,30H2,1H3/t19-,20?,21+,22-,23?,24+,25+/m1/s1. The Morgan fingerprint density at radius 1 is 1.06 bits per heavy atom. The molecule has 2 aliphatic carbocycles. The zero-order valence-electron chi connectivity index (χ0n) is 20.8. The van der Waals surface area contributed by atoms with Gasteiger partial charge in [0.1, 0.15) is 12.2 Å². The zero-order chi connectivity index (χ0) is 24.3. The van der Waals surface area contributed by atoms with Gasteiger partial charge in [0.2, 0.25) is 11.8 Å². The fraction of sp³-hybridized carbons (Fsp3) is 0.714. The first-order valence-electron chi connectivity index (χ1n) is 13.7. The lowest BCUT2D eigenvalue weighted by molar-refractivity contribution is -0.148. The van der Waals surface area contributed by atoms with Crippen LogP contribution in [0.2, 0.25) is 0 Å². The number of likely N-dealkylation sites (tertiary alicyclic amines) is 1. The number of amides is 2. The minimum atomic E-state index is -0.681. The summed E-state index contributed by atoms with van der Waals surface area (Å²) in [6.45, 7) is 0.746. The summed E-state index contributed by atoms with van der Waals surface area (Å²) in [4.78, 5) is 33.8. The van der Waals surface area contributed by atoms with Crippen molar-refractivity contribution in [2.75, 3.05) is 13.6 Å². The summed E-state index contributed by atoms with van der Waals surface area (Å²) in [5.74, 6) is 0.446. The van der Waals surface area contributed by atoms with E-state index in [9.17, 15) is 14.0 Å². The normalized spacial score (nSPS) is 38.3. The smallest absolute Gasteiger partial charge is 0.245 e. The number of hydrogen-bond donors (Lipinski definition) is 1. The fourth-order valence-electron chi connectivity index (χ4n) is 7.45. The highest BCUT2D eigenvalue weighted by molar-refractivity contribution is 5.91. The summed E-state index contributed by atoms with van der Waals surface area (Å²) in [5, 5.41) is 0. The molecule has 3 saturated heterocycles. The van der Waals surface area contributed by atoms with Crippen LogP contribution in [-0.2, 0) is 9.59 Å². The Labute approximate surface area is 208 Å². The highest BCUT2D eigenvalue weighted by atomic mass is 19.1. The Bertz CT molecular complexity index is 963. The molecule has 2 amide bonds. The van der Waals surface area contributed by atoms with Crippen molar-refractivity contribution in [1.82, 2.24) is 14.7 Å². The minimum absolute atomic E-state index is 0.0144. The molecule has 6 rings (SSSR count). The van der Waals surface area contributed by atoms with Crippen LogP contribution < -0.4 is 5.73 Å². The molecule has 3 heterocycles. The van der Waals surface area contributed by atoms with Crippen LogP contribution in [0.25, 0.3) is 0 Å². The highest BCUT2D eigenvalue weighted by Gasteiger charge is 2.58. The van der Waals surface area contributed by atoms with E-state index in [0.717, 1.165) is 51.5 Å². The van der Waals surface area contributed by atoms with E-state index in [1.807, 2.05) is 11.0 Å². The van der Waals surface area contributed by atoms with Gasteiger partial charge in [0, 0.05) is 36.1 Å².